The van der Waals surface area contributed by atoms with Gasteiger partial charge in [0.1, 0.15) is 5.75 Å². The molecule has 5 heteroatoms. The minimum Gasteiger partial charge on any atom is -0.491 e. The highest BCUT2D eigenvalue weighted by Crippen LogP contribution is 2.15. The van der Waals surface area contributed by atoms with E-state index in [1.54, 1.807) is 31.3 Å². The number of nitrogens with zero attached hydrogens (tertiary/aromatic N) is 1. The number of aliphatic hydroxyl groups excluding tert-OH is 1. The third-order valence-electron chi connectivity index (χ3n) is 2.66. The van der Waals surface area contributed by atoms with Crippen molar-refractivity contribution in [2.45, 2.75) is 26.1 Å². The van der Waals surface area contributed by atoms with E-state index in [0.29, 0.717) is 5.56 Å². The Morgan fingerprint density at radius 1 is 1.30 bits per heavy atom. The fourth-order valence-corrected chi connectivity index (χ4v) is 1.81. The first-order valence-corrected chi connectivity index (χ1v) is 6.63. The topological polar surface area (TPSA) is 59.0 Å². The van der Waals surface area contributed by atoms with Crippen LogP contribution in [-0.2, 0) is 4.74 Å². The standard InChI is InChI=1S/C15H23NO4/c1-11(2)20-14-7-5-12(6-8-14)15(18)16(3)9-13(17)10-19-4/h5-8,11,13,17H,9-10H2,1-4H3. The minimum atomic E-state index is -0.683. The molecule has 0 saturated heterocycles. The molecule has 1 aromatic rings. The average molecular weight is 281 g/mol. The highest BCUT2D eigenvalue weighted by Gasteiger charge is 2.15. The average Bonchev–Trinajstić information content (AvgIpc) is 2.38. The van der Waals surface area contributed by atoms with Gasteiger partial charge in [0.25, 0.3) is 5.91 Å². The molecular formula is C15H23NO4. The van der Waals surface area contributed by atoms with Crippen LogP contribution in [0.2, 0.25) is 0 Å². The Balaban J connectivity index is 2.62. The van der Waals surface area contributed by atoms with Gasteiger partial charge in [-0.3, -0.25) is 4.79 Å². The summed E-state index contributed by atoms with van der Waals surface area (Å²) in [5.74, 6) is 0.592. The zero-order valence-corrected chi connectivity index (χ0v) is 12.5. The van der Waals surface area contributed by atoms with Gasteiger partial charge in [-0.1, -0.05) is 0 Å². The van der Waals surface area contributed by atoms with Gasteiger partial charge in [-0.05, 0) is 38.1 Å². The van der Waals surface area contributed by atoms with Crippen molar-refractivity contribution in [3.05, 3.63) is 29.8 Å². The van der Waals surface area contributed by atoms with Crippen LogP contribution in [0.1, 0.15) is 24.2 Å². The molecule has 0 saturated carbocycles. The third kappa shape index (κ3) is 5.19. The van der Waals surface area contributed by atoms with E-state index in [-0.39, 0.29) is 25.2 Å². The number of aliphatic hydroxyl groups is 1. The molecule has 0 aliphatic rings. The summed E-state index contributed by atoms with van der Waals surface area (Å²) in [6.45, 7) is 4.34. The third-order valence-corrected chi connectivity index (χ3v) is 2.66. The Morgan fingerprint density at radius 2 is 1.90 bits per heavy atom. The molecule has 0 spiro atoms. The number of methoxy groups -OCH3 is 1. The minimum absolute atomic E-state index is 0.100. The van der Waals surface area contributed by atoms with Gasteiger partial charge in [-0.15, -0.1) is 0 Å². The van der Waals surface area contributed by atoms with Crippen molar-refractivity contribution < 1.29 is 19.4 Å². The summed E-state index contributed by atoms with van der Waals surface area (Å²) in [6, 6.07) is 6.98. The number of hydrogen-bond donors (Lipinski definition) is 1. The molecule has 112 valence electrons. The van der Waals surface area contributed by atoms with E-state index < -0.39 is 6.10 Å². The summed E-state index contributed by atoms with van der Waals surface area (Å²) >= 11 is 0. The molecule has 0 radical (unpaired) electrons. The molecule has 20 heavy (non-hydrogen) atoms. The molecule has 1 unspecified atom stereocenters. The van der Waals surface area contributed by atoms with Gasteiger partial charge >= 0.3 is 0 Å². The van der Waals surface area contributed by atoms with Gasteiger partial charge in [-0.2, -0.15) is 0 Å². The molecule has 1 rings (SSSR count). The lowest BCUT2D eigenvalue weighted by Crippen LogP contribution is -2.36. The first-order valence-electron chi connectivity index (χ1n) is 6.63. The Morgan fingerprint density at radius 3 is 2.40 bits per heavy atom. The van der Waals surface area contributed by atoms with Crippen molar-refractivity contribution in [1.29, 1.82) is 0 Å². The molecule has 0 aromatic heterocycles. The quantitative estimate of drug-likeness (QED) is 0.824. The predicted molar refractivity (Wildman–Crippen MR) is 77.0 cm³/mol. The first kappa shape index (κ1) is 16.5. The van der Waals surface area contributed by atoms with Gasteiger partial charge in [0.15, 0.2) is 0 Å². The number of carbonyl (C=O) groups excluding carboxylic acids is 1. The van der Waals surface area contributed by atoms with Crippen molar-refractivity contribution in [1.82, 2.24) is 4.90 Å². The van der Waals surface area contributed by atoms with Crippen molar-refractivity contribution >= 4 is 5.91 Å². The van der Waals surface area contributed by atoms with Crippen molar-refractivity contribution in [2.24, 2.45) is 0 Å². The monoisotopic (exact) mass is 281 g/mol. The van der Waals surface area contributed by atoms with E-state index in [2.05, 4.69) is 0 Å². The van der Waals surface area contributed by atoms with Crippen LogP contribution in [0.3, 0.4) is 0 Å². The van der Waals surface area contributed by atoms with Crippen LogP contribution < -0.4 is 4.74 Å². The summed E-state index contributed by atoms with van der Waals surface area (Å²) in [5, 5.41) is 9.62. The summed E-state index contributed by atoms with van der Waals surface area (Å²) < 4.78 is 10.4. The normalized spacial score (nSPS) is 12.3. The fourth-order valence-electron chi connectivity index (χ4n) is 1.81. The first-order chi connectivity index (χ1) is 9.43. The van der Waals surface area contributed by atoms with Crippen molar-refractivity contribution in [3.63, 3.8) is 0 Å². The molecule has 1 amide bonds. The van der Waals surface area contributed by atoms with Crippen LogP contribution in [0.4, 0.5) is 0 Å². The molecule has 0 fully saturated rings. The zero-order chi connectivity index (χ0) is 15.1. The van der Waals surface area contributed by atoms with E-state index in [9.17, 15) is 9.90 Å². The van der Waals surface area contributed by atoms with Crippen LogP contribution in [0.15, 0.2) is 24.3 Å². The van der Waals surface area contributed by atoms with E-state index >= 15 is 0 Å². The number of rotatable bonds is 7. The zero-order valence-electron chi connectivity index (χ0n) is 12.5. The maximum Gasteiger partial charge on any atom is 0.253 e. The maximum absolute atomic E-state index is 12.2. The molecule has 1 atom stereocenters. The Labute approximate surface area is 120 Å². The van der Waals surface area contributed by atoms with Crippen LogP contribution in [0, 0.1) is 0 Å². The van der Waals surface area contributed by atoms with Crippen molar-refractivity contribution in [3.8, 4) is 5.75 Å². The summed E-state index contributed by atoms with van der Waals surface area (Å²) in [6.07, 6.45) is -0.582. The molecule has 1 aromatic carbocycles. The number of amides is 1. The second-order valence-corrected chi connectivity index (χ2v) is 4.99. The summed E-state index contributed by atoms with van der Waals surface area (Å²) in [4.78, 5) is 13.6. The van der Waals surface area contributed by atoms with Gasteiger partial charge in [0.2, 0.25) is 0 Å². The van der Waals surface area contributed by atoms with Gasteiger partial charge in [0, 0.05) is 26.3 Å². The second kappa shape index (κ2) is 7.87. The maximum atomic E-state index is 12.2. The highest BCUT2D eigenvalue weighted by atomic mass is 16.5. The Hall–Kier alpha value is -1.59. The molecule has 0 bridgehead atoms. The van der Waals surface area contributed by atoms with Crippen LogP contribution in [0.25, 0.3) is 0 Å². The number of ether oxygens (including phenoxy) is 2. The van der Waals surface area contributed by atoms with Crippen LogP contribution in [-0.4, -0.2) is 55.4 Å². The molecule has 0 aliphatic heterocycles. The number of carbonyl (C=O) groups is 1. The predicted octanol–water partition coefficient (Wildman–Crippen LogP) is 1.55. The van der Waals surface area contributed by atoms with Crippen LogP contribution >= 0.6 is 0 Å². The number of hydrogen-bond acceptors (Lipinski definition) is 4. The second-order valence-electron chi connectivity index (χ2n) is 4.99. The lowest BCUT2D eigenvalue weighted by molar-refractivity contribution is 0.0380. The SMILES string of the molecule is COCC(O)CN(C)C(=O)c1ccc(OC(C)C)cc1. The van der Waals surface area contributed by atoms with Crippen molar-refractivity contribution in [2.75, 3.05) is 27.3 Å². The van der Waals surface area contributed by atoms with Gasteiger partial charge < -0.3 is 19.5 Å². The molecule has 1 N–H and O–H groups in total. The van der Waals surface area contributed by atoms with E-state index in [0.717, 1.165) is 5.75 Å². The summed E-state index contributed by atoms with van der Waals surface area (Å²) in [7, 11) is 3.16. The van der Waals surface area contributed by atoms with Gasteiger partial charge in [0.05, 0.1) is 18.8 Å². The molecule has 0 heterocycles. The molecule has 5 nitrogen and oxygen atoms in total. The fraction of sp³-hybridized carbons (Fsp3) is 0.533. The lowest BCUT2D eigenvalue weighted by Gasteiger charge is -2.20. The van der Waals surface area contributed by atoms with E-state index in [1.807, 2.05) is 13.8 Å². The Bertz CT molecular complexity index is 416. The van der Waals surface area contributed by atoms with Crippen LogP contribution in [0.5, 0.6) is 5.75 Å². The molecular weight excluding hydrogens is 258 g/mol. The van der Waals surface area contributed by atoms with E-state index in [4.69, 9.17) is 9.47 Å². The lowest BCUT2D eigenvalue weighted by atomic mass is 10.2. The van der Waals surface area contributed by atoms with E-state index in [1.165, 1.54) is 12.0 Å². The number of benzene rings is 1. The largest absolute Gasteiger partial charge is 0.491 e. The molecule has 0 aliphatic carbocycles. The number of likely N-dealkylation sites (N-methyl/N-ethyl adjacent to an activating group) is 1. The van der Waals surface area contributed by atoms with Gasteiger partial charge in [-0.25, -0.2) is 0 Å². The Kier molecular flexibility index (Phi) is 6.48. The summed E-state index contributed by atoms with van der Waals surface area (Å²) in [5.41, 5.74) is 0.563. The smallest absolute Gasteiger partial charge is 0.253 e. The highest BCUT2D eigenvalue weighted by molar-refractivity contribution is 5.94.